The van der Waals surface area contributed by atoms with Gasteiger partial charge in [0.05, 0.1) is 18.7 Å². The van der Waals surface area contributed by atoms with Crippen LogP contribution in [0.5, 0.6) is 5.75 Å². The van der Waals surface area contributed by atoms with Crippen LogP contribution in [0.3, 0.4) is 0 Å². The van der Waals surface area contributed by atoms with Gasteiger partial charge >= 0.3 is 0 Å². The molecule has 0 radical (unpaired) electrons. The maximum atomic E-state index is 14.0. The SMILES string of the molecule is CCCCOc1c2n(cc(C(=O)NCc3c(F)cc(F)cc3F)c1=O)C[C@H]1[C@@H]3C=C[C@@H](C3)N1C2=O. The molecule has 2 aliphatic heterocycles. The highest BCUT2D eigenvalue weighted by molar-refractivity contribution is 5.99. The first-order valence-electron chi connectivity index (χ1n) is 11.6. The Hall–Kier alpha value is -3.56. The van der Waals surface area contributed by atoms with E-state index in [1.807, 2.05) is 13.0 Å². The maximum absolute atomic E-state index is 14.0. The minimum absolute atomic E-state index is 0.0201. The number of hydrogen-bond donors (Lipinski definition) is 1. The van der Waals surface area contributed by atoms with Crippen LogP contribution in [0, 0.1) is 23.4 Å². The zero-order chi connectivity index (χ0) is 24.9. The Kier molecular flexibility index (Phi) is 5.90. The molecule has 5 rings (SSSR count). The molecule has 0 spiro atoms. The average molecular weight is 487 g/mol. The largest absolute Gasteiger partial charge is 0.487 e. The topological polar surface area (TPSA) is 80.6 Å². The van der Waals surface area contributed by atoms with E-state index < -0.39 is 40.9 Å². The van der Waals surface area contributed by atoms with E-state index >= 15 is 0 Å². The zero-order valence-corrected chi connectivity index (χ0v) is 19.0. The number of rotatable bonds is 7. The molecule has 7 nitrogen and oxygen atoms in total. The Morgan fingerprint density at radius 1 is 1.17 bits per heavy atom. The number of benzene rings is 1. The maximum Gasteiger partial charge on any atom is 0.275 e. The summed E-state index contributed by atoms with van der Waals surface area (Å²) in [7, 11) is 0. The van der Waals surface area contributed by atoms with Gasteiger partial charge in [-0.2, -0.15) is 0 Å². The van der Waals surface area contributed by atoms with Gasteiger partial charge in [-0.1, -0.05) is 25.5 Å². The molecular formula is C25H24F3N3O4. The Labute approximate surface area is 199 Å². The van der Waals surface area contributed by atoms with E-state index in [9.17, 15) is 27.6 Å². The Balaban J connectivity index is 1.49. The molecule has 3 atom stereocenters. The van der Waals surface area contributed by atoms with Crippen molar-refractivity contribution in [2.45, 2.75) is 51.4 Å². The predicted octanol–water partition coefficient (Wildman–Crippen LogP) is 3.16. The predicted molar refractivity (Wildman–Crippen MR) is 120 cm³/mol. The third kappa shape index (κ3) is 3.90. The summed E-state index contributed by atoms with van der Waals surface area (Å²) in [5.74, 6) is -4.57. The van der Waals surface area contributed by atoms with E-state index in [1.165, 1.54) is 6.20 Å². The Bertz CT molecular complexity index is 1280. The summed E-state index contributed by atoms with van der Waals surface area (Å²) in [6, 6.07) is 0.917. The monoisotopic (exact) mass is 487 g/mol. The van der Waals surface area contributed by atoms with Crippen LogP contribution >= 0.6 is 0 Å². The van der Waals surface area contributed by atoms with Gasteiger partial charge in [-0.3, -0.25) is 14.4 Å². The summed E-state index contributed by atoms with van der Waals surface area (Å²) >= 11 is 0. The molecule has 3 aliphatic rings. The molecule has 10 heteroatoms. The van der Waals surface area contributed by atoms with Gasteiger partial charge < -0.3 is 19.5 Å². The number of amides is 2. The lowest BCUT2D eigenvalue weighted by molar-refractivity contribution is 0.0584. The lowest BCUT2D eigenvalue weighted by Crippen LogP contribution is -2.51. The van der Waals surface area contributed by atoms with Crippen LogP contribution in [0.25, 0.3) is 0 Å². The van der Waals surface area contributed by atoms with Gasteiger partial charge in [0, 0.05) is 42.9 Å². The van der Waals surface area contributed by atoms with Gasteiger partial charge in [0.1, 0.15) is 23.0 Å². The second-order valence-corrected chi connectivity index (χ2v) is 9.07. The number of pyridine rings is 1. The normalized spacial score (nSPS) is 21.8. The first-order valence-corrected chi connectivity index (χ1v) is 11.6. The first-order chi connectivity index (χ1) is 16.8. The Morgan fingerprint density at radius 3 is 2.63 bits per heavy atom. The summed E-state index contributed by atoms with van der Waals surface area (Å²) in [5, 5.41) is 2.33. The van der Waals surface area contributed by atoms with Crippen molar-refractivity contribution in [2.75, 3.05) is 6.61 Å². The molecular weight excluding hydrogens is 463 g/mol. The molecule has 3 heterocycles. The molecule has 0 unspecified atom stereocenters. The van der Waals surface area contributed by atoms with Crippen LogP contribution in [0.4, 0.5) is 13.2 Å². The van der Waals surface area contributed by atoms with Crippen molar-refractivity contribution in [3.63, 3.8) is 0 Å². The lowest BCUT2D eigenvalue weighted by atomic mass is 9.99. The third-order valence-corrected chi connectivity index (χ3v) is 6.88. The highest BCUT2D eigenvalue weighted by atomic mass is 19.1. The van der Waals surface area contributed by atoms with E-state index in [0.29, 0.717) is 25.1 Å². The standard InChI is InChI=1S/C25H24F3N3O4/c1-2-3-6-35-23-21-25(34)31-15-5-4-13(7-15)20(31)12-30(21)11-17(22(23)32)24(33)29-10-16-18(27)8-14(26)9-19(16)28/h4-5,8-9,11,13,15,20H,2-3,6-7,10,12H2,1H3,(H,29,33)/t13-,15+,20+/m1/s1. The van der Waals surface area contributed by atoms with Gasteiger partial charge in [0.2, 0.25) is 5.43 Å². The first kappa shape index (κ1) is 23.2. The summed E-state index contributed by atoms with van der Waals surface area (Å²) in [4.78, 5) is 41.4. The minimum Gasteiger partial charge on any atom is -0.487 e. The van der Waals surface area contributed by atoms with Crippen molar-refractivity contribution in [3.05, 3.63) is 75.0 Å². The number of halogens is 3. The number of aromatic nitrogens is 1. The van der Waals surface area contributed by atoms with E-state index in [2.05, 4.69) is 11.4 Å². The van der Waals surface area contributed by atoms with E-state index in [1.54, 1.807) is 9.47 Å². The van der Waals surface area contributed by atoms with Crippen molar-refractivity contribution in [2.24, 2.45) is 5.92 Å². The molecule has 1 aromatic carbocycles. The van der Waals surface area contributed by atoms with Crippen LogP contribution < -0.4 is 15.5 Å². The summed E-state index contributed by atoms with van der Waals surface area (Å²) < 4.78 is 48.5. The van der Waals surface area contributed by atoms with E-state index in [4.69, 9.17) is 4.74 Å². The molecule has 2 aromatic rings. The second kappa shape index (κ2) is 8.90. The molecule has 1 fully saturated rings. The summed E-state index contributed by atoms with van der Waals surface area (Å²) in [6.45, 7) is 1.94. The fourth-order valence-electron chi connectivity index (χ4n) is 5.12. The summed E-state index contributed by atoms with van der Waals surface area (Å²) in [5.41, 5.74) is -1.49. The van der Waals surface area contributed by atoms with E-state index in [-0.39, 0.29) is 47.5 Å². The number of hydrogen-bond acceptors (Lipinski definition) is 4. The number of unbranched alkanes of at least 4 members (excludes halogenated alkanes) is 1. The molecule has 1 aliphatic carbocycles. The third-order valence-electron chi connectivity index (χ3n) is 6.88. The highest BCUT2D eigenvalue weighted by Crippen LogP contribution is 2.42. The molecule has 184 valence electrons. The second-order valence-electron chi connectivity index (χ2n) is 9.07. The minimum atomic E-state index is -1.15. The van der Waals surface area contributed by atoms with Crippen molar-refractivity contribution in [3.8, 4) is 5.75 Å². The molecule has 1 saturated heterocycles. The molecule has 2 amide bonds. The van der Waals surface area contributed by atoms with Crippen LogP contribution in [-0.2, 0) is 13.1 Å². The van der Waals surface area contributed by atoms with Crippen molar-refractivity contribution in [1.82, 2.24) is 14.8 Å². The molecule has 1 aromatic heterocycles. The van der Waals surface area contributed by atoms with Gasteiger partial charge in [0.25, 0.3) is 11.8 Å². The van der Waals surface area contributed by atoms with Crippen LogP contribution in [0.2, 0.25) is 0 Å². The van der Waals surface area contributed by atoms with Gasteiger partial charge in [-0.25, -0.2) is 13.2 Å². The Morgan fingerprint density at radius 2 is 1.91 bits per heavy atom. The molecule has 35 heavy (non-hydrogen) atoms. The van der Waals surface area contributed by atoms with E-state index in [0.717, 1.165) is 12.8 Å². The van der Waals surface area contributed by atoms with Gasteiger partial charge in [-0.05, 0) is 12.8 Å². The van der Waals surface area contributed by atoms with Crippen molar-refractivity contribution in [1.29, 1.82) is 0 Å². The fourth-order valence-corrected chi connectivity index (χ4v) is 5.12. The quantitative estimate of drug-likeness (QED) is 0.481. The fraction of sp³-hybridized carbons (Fsp3) is 0.400. The number of carbonyl (C=O) groups is 2. The highest BCUT2D eigenvalue weighted by Gasteiger charge is 2.49. The van der Waals surface area contributed by atoms with Gasteiger partial charge in [0.15, 0.2) is 11.4 Å². The van der Waals surface area contributed by atoms with Crippen LogP contribution in [0.15, 0.2) is 35.3 Å². The van der Waals surface area contributed by atoms with Gasteiger partial charge in [-0.15, -0.1) is 0 Å². The summed E-state index contributed by atoms with van der Waals surface area (Å²) in [6.07, 6.45) is 7.66. The van der Waals surface area contributed by atoms with Crippen molar-refractivity contribution < 1.29 is 27.5 Å². The van der Waals surface area contributed by atoms with Crippen LogP contribution in [-0.4, -0.2) is 40.0 Å². The molecule has 2 bridgehead atoms. The van der Waals surface area contributed by atoms with Crippen LogP contribution in [0.1, 0.15) is 52.6 Å². The molecule has 0 saturated carbocycles. The smallest absolute Gasteiger partial charge is 0.275 e. The average Bonchev–Trinajstić information content (AvgIpc) is 3.42. The molecule has 1 N–H and O–H groups in total. The number of fused-ring (bicyclic) bond motifs is 6. The number of carbonyl (C=O) groups excluding carboxylic acids is 2. The zero-order valence-electron chi connectivity index (χ0n) is 19.0. The van der Waals surface area contributed by atoms with Crippen molar-refractivity contribution >= 4 is 11.8 Å². The number of ether oxygens (including phenoxy) is 1. The number of nitrogens with zero attached hydrogens (tertiary/aromatic N) is 2. The lowest BCUT2D eigenvalue weighted by Gasteiger charge is -2.38. The number of nitrogens with one attached hydrogen (secondary N) is 1.